The Morgan fingerprint density at radius 2 is 2.00 bits per heavy atom. The van der Waals surface area contributed by atoms with Crippen molar-refractivity contribution in [2.45, 2.75) is 31.6 Å². The van der Waals surface area contributed by atoms with E-state index in [2.05, 4.69) is 10.4 Å². The van der Waals surface area contributed by atoms with Crippen LogP contribution in [0.25, 0.3) is 0 Å². The molecule has 2 saturated carbocycles. The average Bonchev–Trinajstić information content (AvgIpc) is 3.29. The van der Waals surface area contributed by atoms with E-state index in [9.17, 15) is 14.0 Å². The second kappa shape index (κ2) is 7.75. The van der Waals surface area contributed by atoms with Crippen molar-refractivity contribution >= 4 is 35.0 Å². The first-order chi connectivity index (χ1) is 14.2. The standard InChI is InChI=1S/C21H22ClFN4O3/c1-27-20(24)18(21(30)25-14-2-3-16(23)15(22)9-14)19(26-27)13-7-11-4-10(6-17(28)29)5-12(11)8-13/h2-3,6,9,11-13H,4-5,7-8,24H2,1H3,(H,25,30)(H,28,29). The van der Waals surface area contributed by atoms with Gasteiger partial charge in [-0.3, -0.25) is 9.48 Å². The molecule has 0 bridgehead atoms. The lowest BCUT2D eigenvalue weighted by Gasteiger charge is -2.12. The maximum absolute atomic E-state index is 13.4. The number of rotatable bonds is 4. The third-order valence-corrected chi connectivity index (χ3v) is 6.42. The van der Waals surface area contributed by atoms with Crippen LogP contribution in [0, 0.1) is 17.7 Å². The first-order valence-corrected chi connectivity index (χ1v) is 10.1. The Morgan fingerprint density at radius 1 is 1.33 bits per heavy atom. The lowest BCUT2D eigenvalue weighted by Crippen LogP contribution is -2.16. The van der Waals surface area contributed by atoms with Crippen molar-refractivity contribution in [1.29, 1.82) is 0 Å². The summed E-state index contributed by atoms with van der Waals surface area (Å²) in [4.78, 5) is 23.9. The Kier molecular flexibility index (Phi) is 5.27. The minimum Gasteiger partial charge on any atom is -0.478 e. The normalized spacial score (nSPS) is 22.8. The number of nitrogens with one attached hydrogen (secondary N) is 1. The molecule has 2 fully saturated rings. The van der Waals surface area contributed by atoms with Gasteiger partial charge in [0.25, 0.3) is 5.91 Å². The van der Waals surface area contributed by atoms with Gasteiger partial charge in [0.1, 0.15) is 17.2 Å². The van der Waals surface area contributed by atoms with Crippen LogP contribution < -0.4 is 11.1 Å². The number of allylic oxidation sites excluding steroid dienone is 1. The summed E-state index contributed by atoms with van der Waals surface area (Å²) in [7, 11) is 1.69. The molecule has 9 heteroatoms. The van der Waals surface area contributed by atoms with Crippen LogP contribution in [-0.4, -0.2) is 26.8 Å². The van der Waals surface area contributed by atoms with Gasteiger partial charge in [0.2, 0.25) is 0 Å². The van der Waals surface area contributed by atoms with E-state index in [-0.39, 0.29) is 16.8 Å². The van der Waals surface area contributed by atoms with Crippen molar-refractivity contribution < 1.29 is 19.1 Å². The van der Waals surface area contributed by atoms with Crippen LogP contribution in [0.4, 0.5) is 15.9 Å². The molecule has 2 atom stereocenters. The summed E-state index contributed by atoms with van der Waals surface area (Å²) in [5.74, 6) is -0.774. The number of nitrogens with two attached hydrogens (primary N) is 1. The summed E-state index contributed by atoms with van der Waals surface area (Å²) < 4.78 is 14.9. The van der Waals surface area contributed by atoms with Crippen LogP contribution in [0.3, 0.4) is 0 Å². The minimum absolute atomic E-state index is 0.0763. The smallest absolute Gasteiger partial charge is 0.328 e. The van der Waals surface area contributed by atoms with Crippen molar-refractivity contribution in [2.24, 2.45) is 18.9 Å². The van der Waals surface area contributed by atoms with Crippen LogP contribution >= 0.6 is 11.6 Å². The SMILES string of the molecule is Cn1nc(C2CC3CC(=CC(=O)O)CC3C2)c(C(=O)Nc2ccc(F)c(Cl)c2)c1N. The lowest BCUT2D eigenvalue weighted by molar-refractivity contribution is -0.131. The summed E-state index contributed by atoms with van der Waals surface area (Å²) in [6.07, 6.45) is 4.52. The number of carboxylic acids is 1. The Morgan fingerprint density at radius 3 is 2.60 bits per heavy atom. The van der Waals surface area contributed by atoms with Gasteiger partial charge in [-0.05, 0) is 55.7 Å². The zero-order chi connectivity index (χ0) is 21.6. The van der Waals surface area contributed by atoms with E-state index in [0.29, 0.717) is 28.8 Å². The van der Waals surface area contributed by atoms with Gasteiger partial charge in [-0.15, -0.1) is 0 Å². The van der Waals surface area contributed by atoms with E-state index in [4.69, 9.17) is 22.4 Å². The highest BCUT2D eigenvalue weighted by Gasteiger charge is 2.42. The summed E-state index contributed by atoms with van der Waals surface area (Å²) in [6, 6.07) is 3.96. The molecule has 4 N–H and O–H groups in total. The molecule has 1 heterocycles. The third-order valence-electron chi connectivity index (χ3n) is 6.13. The second-order valence-electron chi connectivity index (χ2n) is 8.09. The summed E-state index contributed by atoms with van der Waals surface area (Å²) in [5, 5.41) is 16.1. The summed E-state index contributed by atoms with van der Waals surface area (Å²) in [6.45, 7) is 0. The number of nitrogens with zero attached hydrogens (tertiary/aromatic N) is 2. The first-order valence-electron chi connectivity index (χ1n) is 9.74. The van der Waals surface area contributed by atoms with Crippen molar-refractivity contribution in [3.63, 3.8) is 0 Å². The van der Waals surface area contributed by atoms with Gasteiger partial charge in [0.05, 0.1) is 10.7 Å². The number of carbonyl (C=O) groups excluding carboxylic acids is 1. The van der Waals surface area contributed by atoms with Gasteiger partial charge in [-0.25, -0.2) is 9.18 Å². The van der Waals surface area contributed by atoms with Crippen LogP contribution in [0.5, 0.6) is 0 Å². The first kappa shape index (κ1) is 20.4. The minimum atomic E-state index is -0.904. The Hall–Kier alpha value is -2.87. The van der Waals surface area contributed by atoms with E-state index in [1.54, 1.807) is 7.05 Å². The van der Waals surface area contributed by atoms with Gasteiger partial charge in [-0.2, -0.15) is 5.10 Å². The molecule has 0 aliphatic heterocycles. The molecule has 0 saturated heterocycles. The molecule has 7 nitrogen and oxygen atoms in total. The second-order valence-corrected chi connectivity index (χ2v) is 8.50. The molecular formula is C21H22ClFN4O3. The molecule has 1 aromatic heterocycles. The van der Waals surface area contributed by atoms with Crippen LogP contribution in [0.15, 0.2) is 29.8 Å². The number of aromatic nitrogens is 2. The number of nitrogen functional groups attached to an aromatic ring is 1. The number of anilines is 2. The van der Waals surface area contributed by atoms with Gasteiger partial charge < -0.3 is 16.2 Å². The molecule has 1 aromatic carbocycles. The molecule has 2 aliphatic rings. The lowest BCUT2D eigenvalue weighted by atomic mass is 9.95. The highest BCUT2D eigenvalue weighted by atomic mass is 35.5. The van der Waals surface area contributed by atoms with E-state index in [1.807, 2.05) is 0 Å². The maximum Gasteiger partial charge on any atom is 0.328 e. The number of benzene rings is 1. The number of fused-ring (bicyclic) bond motifs is 1. The van der Waals surface area contributed by atoms with Crippen LogP contribution in [0.2, 0.25) is 5.02 Å². The van der Waals surface area contributed by atoms with Crippen molar-refractivity contribution in [1.82, 2.24) is 9.78 Å². The van der Waals surface area contributed by atoms with E-state index < -0.39 is 17.7 Å². The predicted molar refractivity (Wildman–Crippen MR) is 111 cm³/mol. The largest absolute Gasteiger partial charge is 0.478 e. The van der Waals surface area contributed by atoms with Crippen LogP contribution in [-0.2, 0) is 11.8 Å². The van der Waals surface area contributed by atoms with Crippen LogP contribution in [0.1, 0.15) is 47.7 Å². The molecule has 1 amide bonds. The summed E-state index contributed by atoms with van der Waals surface area (Å²) in [5.41, 5.74) is 8.47. The van der Waals surface area contributed by atoms with Gasteiger partial charge in [0.15, 0.2) is 0 Å². The number of aryl methyl sites for hydroxylation is 1. The van der Waals surface area contributed by atoms with Gasteiger partial charge in [-0.1, -0.05) is 17.2 Å². The quantitative estimate of drug-likeness (QED) is 0.633. The van der Waals surface area contributed by atoms with Crippen molar-refractivity contribution in [3.8, 4) is 0 Å². The summed E-state index contributed by atoms with van der Waals surface area (Å²) >= 11 is 5.80. The van der Waals surface area contributed by atoms with Crippen molar-refractivity contribution in [2.75, 3.05) is 11.1 Å². The predicted octanol–water partition coefficient (Wildman–Crippen LogP) is 3.96. The average molecular weight is 433 g/mol. The molecule has 158 valence electrons. The zero-order valence-corrected chi connectivity index (χ0v) is 17.1. The highest BCUT2D eigenvalue weighted by molar-refractivity contribution is 6.31. The number of halogens is 2. The van der Waals surface area contributed by atoms with Gasteiger partial charge in [0, 0.05) is 24.7 Å². The fraction of sp³-hybridized carbons (Fsp3) is 0.381. The number of carbonyl (C=O) groups is 2. The monoisotopic (exact) mass is 432 g/mol. The van der Waals surface area contributed by atoms with Crippen molar-refractivity contribution in [3.05, 3.63) is 51.9 Å². The third kappa shape index (κ3) is 3.79. The number of amides is 1. The molecule has 2 unspecified atom stereocenters. The maximum atomic E-state index is 13.4. The highest BCUT2D eigenvalue weighted by Crippen LogP contribution is 2.52. The molecule has 4 rings (SSSR count). The van der Waals surface area contributed by atoms with E-state index in [1.165, 1.54) is 29.0 Å². The Labute approximate surface area is 177 Å². The number of carboxylic acid groups (broad SMARTS) is 1. The molecule has 2 aliphatic carbocycles. The van der Waals surface area contributed by atoms with Gasteiger partial charge >= 0.3 is 5.97 Å². The topological polar surface area (TPSA) is 110 Å². The fourth-order valence-electron chi connectivity index (χ4n) is 4.83. The molecular weight excluding hydrogens is 411 g/mol. The molecule has 2 aromatic rings. The zero-order valence-electron chi connectivity index (χ0n) is 16.4. The number of aliphatic carboxylic acids is 1. The number of hydrogen-bond donors (Lipinski definition) is 3. The van der Waals surface area contributed by atoms with E-state index in [0.717, 1.165) is 31.3 Å². The number of hydrogen-bond acceptors (Lipinski definition) is 4. The fourth-order valence-corrected chi connectivity index (χ4v) is 5.01. The molecule has 30 heavy (non-hydrogen) atoms. The molecule has 0 spiro atoms. The van der Waals surface area contributed by atoms with E-state index >= 15 is 0 Å². The molecule has 0 radical (unpaired) electrons. The Balaban J connectivity index is 1.55. The Bertz CT molecular complexity index is 1050.